The predicted molar refractivity (Wildman–Crippen MR) is 105 cm³/mol. The van der Waals surface area contributed by atoms with Crippen LogP contribution in [0.15, 0.2) is 51.8 Å². The molecule has 11 heteroatoms. The summed E-state index contributed by atoms with van der Waals surface area (Å²) in [6, 6.07) is 8.63. The zero-order chi connectivity index (χ0) is 22.0. The van der Waals surface area contributed by atoms with Gasteiger partial charge in [-0.05, 0) is 67.0 Å². The number of carbonyl (C=O) groups is 1. The maximum absolute atomic E-state index is 12.6. The topological polar surface area (TPSA) is 84.5 Å². The van der Waals surface area contributed by atoms with Crippen LogP contribution < -0.4 is 14.8 Å². The number of halogens is 4. The first-order valence-electron chi connectivity index (χ1n) is 8.17. The van der Waals surface area contributed by atoms with E-state index in [9.17, 15) is 26.4 Å². The van der Waals surface area contributed by atoms with Gasteiger partial charge in [0.2, 0.25) is 10.0 Å². The monoisotopic (exact) mass is 494 g/mol. The van der Waals surface area contributed by atoms with E-state index in [0.717, 1.165) is 12.1 Å². The number of hydrogen-bond donors (Lipinski definition) is 2. The molecule has 0 unspecified atom stereocenters. The summed E-state index contributed by atoms with van der Waals surface area (Å²) in [7, 11) is -3.89. The standard InChI is InChI=1S/C18H18BrF3N2O4S/c1-17(2,3)24-29(26,27)13-7-8-15(19)14(10-13)16(25)23-11-5-4-6-12(9-11)28-18(20,21)22/h4-10,24H,1-3H3,(H,23,25). The Morgan fingerprint density at radius 2 is 1.72 bits per heavy atom. The molecule has 0 saturated carbocycles. The quantitative estimate of drug-likeness (QED) is 0.631. The van der Waals surface area contributed by atoms with E-state index in [1.54, 1.807) is 20.8 Å². The Labute approximate surface area is 174 Å². The van der Waals surface area contributed by atoms with Crippen molar-refractivity contribution < 1.29 is 31.1 Å². The molecule has 0 aliphatic rings. The molecule has 0 radical (unpaired) electrons. The molecule has 0 bridgehead atoms. The maximum atomic E-state index is 12.6. The summed E-state index contributed by atoms with van der Waals surface area (Å²) in [5.74, 6) is -1.21. The van der Waals surface area contributed by atoms with E-state index in [-0.39, 0.29) is 16.1 Å². The van der Waals surface area contributed by atoms with E-state index < -0.39 is 33.6 Å². The molecule has 0 heterocycles. The van der Waals surface area contributed by atoms with Crippen LogP contribution in [0, 0.1) is 0 Å². The molecule has 0 aromatic heterocycles. The summed E-state index contributed by atoms with van der Waals surface area (Å²) < 4.78 is 68.6. The summed E-state index contributed by atoms with van der Waals surface area (Å²) >= 11 is 3.18. The van der Waals surface area contributed by atoms with Gasteiger partial charge in [0, 0.05) is 21.8 Å². The zero-order valence-electron chi connectivity index (χ0n) is 15.6. The summed E-state index contributed by atoms with van der Waals surface area (Å²) in [6.07, 6.45) is -4.87. The van der Waals surface area contributed by atoms with Crippen LogP contribution in [0.25, 0.3) is 0 Å². The second-order valence-corrected chi connectivity index (χ2v) is 9.56. The molecule has 6 nitrogen and oxygen atoms in total. The highest BCUT2D eigenvalue weighted by Crippen LogP contribution is 2.27. The predicted octanol–water partition coefficient (Wildman–Crippen LogP) is 4.68. The highest BCUT2D eigenvalue weighted by atomic mass is 79.9. The number of amides is 1. The summed E-state index contributed by atoms with van der Waals surface area (Å²) in [5.41, 5.74) is -0.693. The van der Waals surface area contributed by atoms with Gasteiger partial charge in [-0.15, -0.1) is 13.2 Å². The molecular weight excluding hydrogens is 477 g/mol. The molecule has 0 aliphatic heterocycles. The molecule has 2 aromatic rings. The molecule has 1 amide bonds. The summed E-state index contributed by atoms with van der Waals surface area (Å²) in [5, 5.41) is 2.42. The number of hydrogen-bond acceptors (Lipinski definition) is 4. The molecule has 0 saturated heterocycles. The molecule has 158 valence electrons. The minimum atomic E-state index is -4.87. The maximum Gasteiger partial charge on any atom is 0.573 e. The van der Waals surface area contributed by atoms with Gasteiger partial charge in [-0.3, -0.25) is 4.79 Å². The van der Waals surface area contributed by atoms with Crippen molar-refractivity contribution in [3.05, 3.63) is 52.5 Å². The van der Waals surface area contributed by atoms with Crippen LogP contribution in [0.2, 0.25) is 0 Å². The van der Waals surface area contributed by atoms with Crippen LogP contribution in [0.5, 0.6) is 5.75 Å². The Bertz CT molecular complexity index is 1020. The lowest BCUT2D eigenvalue weighted by atomic mass is 10.1. The Kier molecular flexibility index (Phi) is 6.65. The molecule has 29 heavy (non-hydrogen) atoms. The lowest BCUT2D eigenvalue weighted by Crippen LogP contribution is -2.40. The molecule has 0 aliphatic carbocycles. The van der Waals surface area contributed by atoms with Crippen molar-refractivity contribution in [3.8, 4) is 5.75 Å². The van der Waals surface area contributed by atoms with Crippen molar-refractivity contribution in [3.63, 3.8) is 0 Å². The minimum absolute atomic E-state index is 0.0103. The third-order valence-corrected chi connectivity index (χ3v) is 5.71. The fraction of sp³-hybridized carbons (Fsp3) is 0.278. The van der Waals surface area contributed by atoms with E-state index in [4.69, 9.17) is 0 Å². The number of anilines is 1. The van der Waals surface area contributed by atoms with Gasteiger partial charge in [0.25, 0.3) is 5.91 Å². The normalized spacial score (nSPS) is 12.5. The Hall–Kier alpha value is -2.11. The average molecular weight is 495 g/mol. The summed E-state index contributed by atoms with van der Waals surface area (Å²) in [4.78, 5) is 12.4. The highest BCUT2D eigenvalue weighted by molar-refractivity contribution is 9.10. The van der Waals surface area contributed by atoms with Crippen LogP contribution in [0.4, 0.5) is 18.9 Å². The van der Waals surface area contributed by atoms with Crippen LogP contribution in [-0.2, 0) is 10.0 Å². The minimum Gasteiger partial charge on any atom is -0.406 e. The number of benzene rings is 2. The second-order valence-electron chi connectivity index (χ2n) is 7.03. The van der Waals surface area contributed by atoms with Crippen molar-refractivity contribution in [1.82, 2.24) is 4.72 Å². The molecular formula is C18H18BrF3N2O4S. The molecule has 0 spiro atoms. The fourth-order valence-corrected chi connectivity index (χ4v) is 4.15. The first-order chi connectivity index (χ1) is 13.2. The van der Waals surface area contributed by atoms with Gasteiger partial charge < -0.3 is 10.1 Å². The number of rotatable bonds is 5. The second kappa shape index (κ2) is 8.33. The van der Waals surface area contributed by atoms with Gasteiger partial charge in [0.05, 0.1) is 10.5 Å². The van der Waals surface area contributed by atoms with Crippen LogP contribution >= 0.6 is 15.9 Å². The first kappa shape index (κ1) is 23.2. The molecule has 2 N–H and O–H groups in total. The zero-order valence-corrected chi connectivity index (χ0v) is 18.0. The van der Waals surface area contributed by atoms with E-state index in [2.05, 4.69) is 30.7 Å². The first-order valence-corrected chi connectivity index (χ1v) is 10.4. The number of carbonyl (C=O) groups excluding carboxylic acids is 1. The fourth-order valence-electron chi connectivity index (χ4n) is 2.28. The third-order valence-electron chi connectivity index (χ3n) is 3.26. The Morgan fingerprint density at radius 3 is 2.31 bits per heavy atom. The van der Waals surface area contributed by atoms with Crippen molar-refractivity contribution in [2.24, 2.45) is 0 Å². The van der Waals surface area contributed by atoms with Gasteiger partial charge in [0.15, 0.2) is 0 Å². The SMILES string of the molecule is CC(C)(C)NS(=O)(=O)c1ccc(Br)c(C(=O)Nc2cccc(OC(F)(F)F)c2)c1. The van der Waals surface area contributed by atoms with Gasteiger partial charge in [0.1, 0.15) is 5.75 Å². The molecule has 2 rings (SSSR count). The van der Waals surface area contributed by atoms with Crippen molar-refractivity contribution in [2.75, 3.05) is 5.32 Å². The van der Waals surface area contributed by atoms with Gasteiger partial charge in [-0.2, -0.15) is 0 Å². The lowest BCUT2D eigenvalue weighted by Gasteiger charge is -2.20. The van der Waals surface area contributed by atoms with Crippen molar-refractivity contribution in [1.29, 1.82) is 0 Å². The average Bonchev–Trinajstić information content (AvgIpc) is 2.51. The highest BCUT2D eigenvalue weighted by Gasteiger charge is 2.31. The summed E-state index contributed by atoms with van der Waals surface area (Å²) in [6.45, 7) is 5.02. The number of ether oxygens (including phenoxy) is 1. The molecule has 0 fully saturated rings. The Morgan fingerprint density at radius 1 is 1.07 bits per heavy atom. The third kappa shape index (κ3) is 7.02. The van der Waals surface area contributed by atoms with Gasteiger partial charge >= 0.3 is 6.36 Å². The van der Waals surface area contributed by atoms with E-state index >= 15 is 0 Å². The van der Waals surface area contributed by atoms with E-state index in [1.807, 2.05) is 0 Å². The van der Waals surface area contributed by atoms with Crippen molar-refractivity contribution in [2.45, 2.75) is 37.6 Å². The number of sulfonamides is 1. The van der Waals surface area contributed by atoms with Gasteiger partial charge in [-0.1, -0.05) is 6.07 Å². The largest absolute Gasteiger partial charge is 0.573 e. The van der Waals surface area contributed by atoms with Crippen LogP contribution in [0.1, 0.15) is 31.1 Å². The molecule has 2 aromatic carbocycles. The number of nitrogens with one attached hydrogen (secondary N) is 2. The molecule has 0 atom stereocenters. The number of alkyl halides is 3. The van der Waals surface area contributed by atoms with Crippen LogP contribution in [-0.4, -0.2) is 26.2 Å². The lowest BCUT2D eigenvalue weighted by molar-refractivity contribution is -0.274. The van der Waals surface area contributed by atoms with Crippen LogP contribution in [0.3, 0.4) is 0 Å². The van der Waals surface area contributed by atoms with E-state index in [1.165, 1.54) is 30.3 Å². The smallest absolute Gasteiger partial charge is 0.406 e. The van der Waals surface area contributed by atoms with Gasteiger partial charge in [-0.25, -0.2) is 13.1 Å². The van der Waals surface area contributed by atoms with E-state index in [0.29, 0.717) is 4.47 Å². The van der Waals surface area contributed by atoms with Crippen molar-refractivity contribution >= 4 is 37.5 Å². The Balaban J connectivity index is 2.29.